The lowest BCUT2D eigenvalue weighted by Crippen LogP contribution is -2.25. The molecule has 1 aliphatic heterocycles. The topological polar surface area (TPSA) is 38.3 Å². The number of carbonyl (C=O) groups is 1. The Bertz CT molecular complexity index is 652. The molecule has 2 aromatic rings. The van der Waals surface area contributed by atoms with Crippen molar-refractivity contribution in [3.8, 4) is 0 Å². The number of fused-ring (bicyclic) bond motifs is 1. The van der Waals surface area contributed by atoms with E-state index in [1.54, 1.807) is 0 Å². The molecular formula is C16H16BNO2. The lowest BCUT2D eigenvalue weighted by atomic mass is 9.64. The van der Waals surface area contributed by atoms with E-state index in [4.69, 9.17) is 4.65 Å². The first-order valence-corrected chi connectivity index (χ1v) is 6.76. The summed E-state index contributed by atoms with van der Waals surface area (Å²) in [4.78, 5) is 12.2. The van der Waals surface area contributed by atoms with Crippen LogP contribution in [0.3, 0.4) is 0 Å². The van der Waals surface area contributed by atoms with Crippen LogP contribution in [0.25, 0.3) is 0 Å². The molecule has 3 rings (SSSR count). The Labute approximate surface area is 119 Å². The Kier molecular flexibility index (Phi) is 3.32. The maximum Gasteiger partial charge on any atom is 0.324 e. The Morgan fingerprint density at radius 1 is 1.20 bits per heavy atom. The van der Waals surface area contributed by atoms with Gasteiger partial charge in [0.1, 0.15) is 0 Å². The van der Waals surface area contributed by atoms with Gasteiger partial charge in [0.25, 0.3) is 5.91 Å². The fourth-order valence-corrected chi connectivity index (χ4v) is 2.40. The third-order valence-corrected chi connectivity index (χ3v) is 3.64. The summed E-state index contributed by atoms with van der Waals surface area (Å²) in [5.74, 6) is -0.0866. The van der Waals surface area contributed by atoms with Crippen LogP contribution < -0.4 is 10.8 Å². The second kappa shape index (κ2) is 5.14. The van der Waals surface area contributed by atoms with Crippen molar-refractivity contribution in [3.05, 3.63) is 59.2 Å². The zero-order valence-electron chi connectivity index (χ0n) is 11.6. The van der Waals surface area contributed by atoms with Crippen molar-refractivity contribution in [1.29, 1.82) is 0 Å². The monoisotopic (exact) mass is 265 g/mol. The van der Waals surface area contributed by atoms with E-state index < -0.39 is 0 Å². The zero-order valence-corrected chi connectivity index (χ0v) is 11.6. The summed E-state index contributed by atoms with van der Waals surface area (Å²) in [5.41, 5.74) is 4.98. The molecule has 0 radical (unpaired) electrons. The molecule has 1 amide bonds. The van der Waals surface area contributed by atoms with E-state index in [2.05, 4.69) is 5.32 Å². The van der Waals surface area contributed by atoms with E-state index in [0.29, 0.717) is 12.2 Å². The maximum atomic E-state index is 12.2. The SMILES string of the molecule is CB1OCc2ccc(NC(=O)c3ccc(C)cc3)cc21. The fraction of sp³-hybridized carbons (Fsp3) is 0.188. The Morgan fingerprint density at radius 2 is 1.95 bits per heavy atom. The van der Waals surface area contributed by atoms with Crippen molar-refractivity contribution in [3.63, 3.8) is 0 Å². The van der Waals surface area contributed by atoms with Crippen molar-refractivity contribution in [2.24, 2.45) is 0 Å². The number of hydrogen-bond acceptors (Lipinski definition) is 2. The number of benzene rings is 2. The maximum absolute atomic E-state index is 12.2. The van der Waals surface area contributed by atoms with E-state index in [1.165, 1.54) is 5.56 Å². The van der Waals surface area contributed by atoms with E-state index >= 15 is 0 Å². The number of hydrogen-bond donors (Lipinski definition) is 1. The van der Waals surface area contributed by atoms with Gasteiger partial charge < -0.3 is 9.97 Å². The molecule has 0 saturated heterocycles. The zero-order chi connectivity index (χ0) is 14.1. The Balaban J connectivity index is 1.79. The minimum atomic E-state index is -0.0866. The molecule has 0 aliphatic carbocycles. The minimum Gasteiger partial charge on any atom is -0.427 e. The average Bonchev–Trinajstić information content (AvgIpc) is 2.81. The molecule has 0 spiro atoms. The first-order chi connectivity index (χ1) is 9.63. The van der Waals surface area contributed by atoms with Crippen LogP contribution in [0.4, 0.5) is 5.69 Å². The molecule has 0 atom stereocenters. The van der Waals surface area contributed by atoms with Gasteiger partial charge in [0.2, 0.25) is 0 Å². The van der Waals surface area contributed by atoms with Gasteiger partial charge in [-0.2, -0.15) is 0 Å². The average molecular weight is 265 g/mol. The van der Waals surface area contributed by atoms with Gasteiger partial charge in [0.15, 0.2) is 0 Å². The minimum absolute atomic E-state index is 0.0866. The van der Waals surface area contributed by atoms with Crippen LogP contribution in [0.5, 0.6) is 0 Å². The Morgan fingerprint density at radius 3 is 2.70 bits per heavy atom. The summed E-state index contributed by atoms with van der Waals surface area (Å²) >= 11 is 0. The van der Waals surface area contributed by atoms with Crippen LogP contribution in [0.1, 0.15) is 21.5 Å². The number of amides is 1. The molecule has 1 N–H and O–H groups in total. The first kappa shape index (κ1) is 12.9. The standard InChI is InChI=1S/C16H16BNO2/c1-11-3-5-12(6-4-11)16(19)18-14-8-7-13-10-20-17(2)15(13)9-14/h3-9H,10H2,1-2H3,(H,18,19). The first-order valence-electron chi connectivity index (χ1n) is 6.76. The highest BCUT2D eigenvalue weighted by molar-refractivity contribution is 6.67. The summed E-state index contributed by atoms with van der Waals surface area (Å²) in [6.07, 6.45) is 0. The summed E-state index contributed by atoms with van der Waals surface area (Å²) in [6.45, 7) is 4.78. The van der Waals surface area contributed by atoms with Gasteiger partial charge in [-0.15, -0.1) is 0 Å². The highest BCUT2D eigenvalue weighted by atomic mass is 16.4. The number of anilines is 1. The quantitative estimate of drug-likeness (QED) is 0.847. The van der Waals surface area contributed by atoms with Crippen molar-refractivity contribution in [2.75, 3.05) is 5.32 Å². The predicted molar refractivity (Wildman–Crippen MR) is 81.6 cm³/mol. The van der Waals surface area contributed by atoms with Crippen LogP contribution >= 0.6 is 0 Å². The lowest BCUT2D eigenvalue weighted by Gasteiger charge is -2.08. The van der Waals surface area contributed by atoms with E-state index in [9.17, 15) is 4.79 Å². The molecule has 1 heterocycles. The van der Waals surface area contributed by atoms with Crippen molar-refractivity contribution < 1.29 is 9.45 Å². The van der Waals surface area contributed by atoms with E-state index in [1.807, 2.05) is 56.2 Å². The van der Waals surface area contributed by atoms with Gasteiger partial charge in [-0.05, 0) is 42.2 Å². The third-order valence-electron chi connectivity index (χ3n) is 3.64. The molecule has 100 valence electrons. The number of carbonyl (C=O) groups excluding carboxylic acids is 1. The second-order valence-electron chi connectivity index (χ2n) is 5.19. The molecule has 0 unspecified atom stereocenters. The number of aryl methyl sites for hydroxylation is 1. The van der Waals surface area contributed by atoms with Crippen LogP contribution in [-0.2, 0) is 11.3 Å². The summed E-state index contributed by atoms with van der Waals surface area (Å²) in [7, 11) is 0. The summed E-state index contributed by atoms with van der Waals surface area (Å²) < 4.78 is 5.57. The molecule has 2 aromatic carbocycles. The van der Waals surface area contributed by atoms with Crippen molar-refractivity contribution in [2.45, 2.75) is 20.4 Å². The number of nitrogens with one attached hydrogen (secondary N) is 1. The van der Waals surface area contributed by atoms with Crippen LogP contribution in [-0.4, -0.2) is 12.8 Å². The highest BCUT2D eigenvalue weighted by Gasteiger charge is 2.23. The summed E-state index contributed by atoms with van der Waals surface area (Å²) in [6, 6.07) is 13.5. The molecule has 0 saturated carbocycles. The van der Waals surface area contributed by atoms with E-state index in [0.717, 1.165) is 16.7 Å². The molecule has 0 bridgehead atoms. The summed E-state index contributed by atoms with van der Waals surface area (Å²) in [5, 5.41) is 2.93. The molecule has 0 fully saturated rings. The molecule has 3 nitrogen and oxygen atoms in total. The fourth-order valence-electron chi connectivity index (χ4n) is 2.40. The van der Waals surface area contributed by atoms with Crippen molar-refractivity contribution in [1.82, 2.24) is 0 Å². The highest BCUT2D eigenvalue weighted by Crippen LogP contribution is 2.16. The number of rotatable bonds is 2. The van der Waals surface area contributed by atoms with Gasteiger partial charge in [-0.1, -0.05) is 30.6 Å². The van der Waals surface area contributed by atoms with Gasteiger partial charge >= 0.3 is 6.92 Å². The van der Waals surface area contributed by atoms with Gasteiger partial charge in [0, 0.05) is 11.3 Å². The van der Waals surface area contributed by atoms with Crippen LogP contribution in [0.15, 0.2) is 42.5 Å². The van der Waals surface area contributed by atoms with Gasteiger partial charge in [0.05, 0.1) is 6.61 Å². The van der Waals surface area contributed by atoms with Crippen LogP contribution in [0, 0.1) is 6.92 Å². The smallest absolute Gasteiger partial charge is 0.324 e. The van der Waals surface area contributed by atoms with Gasteiger partial charge in [-0.25, -0.2) is 0 Å². The molecule has 20 heavy (non-hydrogen) atoms. The molecule has 0 aromatic heterocycles. The molecular weight excluding hydrogens is 249 g/mol. The largest absolute Gasteiger partial charge is 0.427 e. The predicted octanol–water partition coefficient (Wildman–Crippen LogP) is 2.61. The van der Waals surface area contributed by atoms with E-state index in [-0.39, 0.29) is 12.8 Å². The molecule has 4 heteroatoms. The van der Waals surface area contributed by atoms with Crippen LogP contribution in [0.2, 0.25) is 6.82 Å². The third kappa shape index (κ3) is 2.47. The normalized spacial score (nSPS) is 13.2. The lowest BCUT2D eigenvalue weighted by molar-refractivity contribution is 0.102. The van der Waals surface area contributed by atoms with Crippen molar-refractivity contribution >= 4 is 24.0 Å². The Hall–Kier alpha value is -2.07. The second-order valence-corrected chi connectivity index (χ2v) is 5.19. The van der Waals surface area contributed by atoms with Gasteiger partial charge in [-0.3, -0.25) is 4.79 Å². The molecule has 1 aliphatic rings.